The molecule has 1 radical (unpaired) electrons. The van der Waals surface area contributed by atoms with Crippen molar-refractivity contribution >= 4 is 0 Å². The van der Waals surface area contributed by atoms with Crippen LogP contribution in [-0.4, -0.2) is 42.7 Å². The smallest absolute Gasteiger partial charge is 0.0681 e. The van der Waals surface area contributed by atoms with Gasteiger partial charge >= 0.3 is 0 Å². The van der Waals surface area contributed by atoms with E-state index >= 15 is 0 Å². The van der Waals surface area contributed by atoms with E-state index in [1.807, 2.05) is 30.3 Å². The number of piperidine rings is 2. The summed E-state index contributed by atoms with van der Waals surface area (Å²) in [6.07, 6.45) is 10.9. The van der Waals surface area contributed by atoms with Crippen LogP contribution in [0.5, 0.6) is 0 Å². The van der Waals surface area contributed by atoms with Crippen molar-refractivity contribution in [3.8, 4) is 0 Å². The van der Waals surface area contributed by atoms with Crippen LogP contribution in [0.1, 0.15) is 90.2 Å². The second kappa shape index (κ2) is 29.3. The number of nitrogens with zero attached hydrogens (tertiary/aromatic N) is 1. The summed E-state index contributed by atoms with van der Waals surface area (Å²) in [4.78, 5) is 2.55. The molecule has 4 N–H and O–H groups in total. The quantitative estimate of drug-likeness (QED) is 0.256. The van der Waals surface area contributed by atoms with Crippen molar-refractivity contribution in [1.82, 2.24) is 10.2 Å². The Balaban J connectivity index is -0.000000513. The van der Waals surface area contributed by atoms with Gasteiger partial charge in [-0.2, -0.15) is 0 Å². The molecule has 5 heteroatoms. The van der Waals surface area contributed by atoms with Crippen molar-refractivity contribution in [2.24, 2.45) is 35.3 Å². The zero-order chi connectivity index (χ0) is 29.0. The molecule has 1 saturated carbocycles. The van der Waals surface area contributed by atoms with Crippen LogP contribution in [-0.2, 0) is 33.3 Å². The molecule has 2 saturated heterocycles. The number of aliphatic hydroxyl groups excluding tert-OH is 1. The molecule has 4 atom stereocenters. The average Bonchev–Trinajstić information content (AvgIpc) is 3.21. The molecular formula is C39H70IrN3O-3. The van der Waals surface area contributed by atoms with Crippen LogP contribution in [0.3, 0.4) is 0 Å². The summed E-state index contributed by atoms with van der Waals surface area (Å²) in [6.45, 7) is 16.9. The molecule has 4 unspecified atom stereocenters. The van der Waals surface area contributed by atoms with E-state index in [0.29, 0.717) is 0 Å². The van der Waals surface area contributed by atoms with E-state index in [4.69, 9.17) is 10.8 Å². The van der Waals surface area contributed by atoms with Gasteiger partial charge in [0.1, 0.15) is 0 Å². The average molecular weight is 789 g/mol. The van der Waals surface area contributed by atoms with Gasteiger partial charge in [0, 0.05) is 26.7 Å². The topological polar surface area (TPSA) is 61.5 Å². The molecule has 2 aromatic rings. The summed E-state index contributed by atoms with van der Waals surface area (Å²) in [5.41, 5.74) is 7.98. The van der Waals surface area contributed by atoms with E-state index in [-0.39, 0.29) is 49.0 Å². The second-order valence-corrected chi connectivity index (χ2v) is 12.3. The largest absolute Gasteiger partial charge is 0.392 e. The SMILES string of the molecule is C1CCNCC1.CC1C(C)C(C)C(CCCN)C1C.OCc1ccccc1.[CH3-].[CH3-].[CH3-].[Ir].c1ccc(CN2CCCCC2)cc1. The number of nitrogens with one attached hydrogen (secondary N) is 1. The van der Waals surface area contributed by atoms with Gasteiger partial charge in [0.05, 0.1) is 6.61 Å². The van der Waals surface area contributed by atoms with Crippen molar-refractivity contribution in [1.29, 1.82) is 0 Å². The van der Waals surface area contributed by atoms with E-state index in [0.717, 1.165) is 48.2 Å². The molecule has 44 heavy (non-hydrogen) atoms. The first-order valence-corrected chi connectivity index (χ1v) is 16.3. The Labute approximate surface area is 288 Å². The summed E-state index contributed by atoms with van der Waals surface area (Å²) in [5.74, 6) is 4.53. The summed E-state index contributed by atoms with van der Waals surface area (Å²) >= 11 is 0. The fourth-order valence-corrected chi connectivity index (χ4v) is 6.44. The number of hydrogen-bond acceptors (Lipinski definition) is 4. The predicted molar refractivity (Wildman–Crippen MR) is 192 cm³/mol. The first kappa shape index (κ1) is 47.3. The van der Waals surface area contributed by atoms with Gasteiger partial charge in [-0.15, -0.1) is 0 Å². The number of rotatable bonds is 6. The maximum atomic E-state index is 8.54. The first-order valence-electron chi connectivity index (χ1n) is 16.3. The van der Waals surface area contributed by atoms with Crippen molar-refractivity contribution < 1.29 is 25.2 Å². The number of nitrogens with two attached hydrogens (primary N) is 1. The van der Waals surface area contributed by atoms with Gasteiger partial charge < -0.3 is 38.4 Å². The Kier molecular flexibility index (Phi) is 31.6. The molecule has 0 amide bonds. The van der Waals surface area contributed by atoms with Crippen LogP contribution >= 0.6 is 0 Å². The number of hydrogen-bond donors (Lipinski definition) is 3. The minimum Gasteiger partial charge on any atom is -0.392 e. The van der Waals surface area contributed by atoms with Crippen LogP contribution < -0.4 is 11.1 Å². The standard InChI is InChI=1S/C12H17N.C12H25N.C7H8O.C5H11N.3CH3.Ir/c1-3-7-12(8-4-1)11-13-9-5-2-6-10-13;1-8-9(2)11(4)12(10(8)3)6-5-7-13;8-6-7-4-2-1-3-5-7;1-2-4-6-5-3-1;;;;/h1,3-4,7-8H,2,5-6,9-11H2;8-12H,5-7,13H2,1-4H3;1-5,8H,6H2;6H,1-5H2;3*1H3;/q;;;;3*-1;. The minimum atomic E-state index is 0. The maximum Gasteiger partial charge on any atom is 0.0681 e. The second-order valence-electron chi connectivity index (χ2n) is 12.3. The molecular weight excluding hydrogens is 719 g/mol. The van der Waals surface area contributed by atoms with Crippen molar-refractivity contribution in [3.63, 3.8) is 0 Å². The molecule has 2 aliphatic heterocycles. The molecule has 4 nitrogen and oxygen atoms in total. The third kappa shape index (κ3) is 18.8. The Hall–Kier alpha value is -1.07. The third-order valence-electron chi connectivity index (χ3n) is 9.51. The van der Waals surface area contributed by atoms with Gasteiger partial charge in [-0.25, -0.2) is 0 Å². The van der Waals surface area contributed by atoms with E-state index in [9.17, 15) is 0 Å². The van der Waals surface area contributed by atoms with Crippen LogP contribution in [0.15, 0.2) is 60.7 Å². The normalized spacial score (nSPS) is 23.9. The van der Waals surface area contributed by atoms with Gasteiger partial charge in [-0.3, -0.25) is 4.90 Å². The molecule has 3 aliphatic rings. The molecule has 0 spiro atoms. The van der Waals surface area contributed by atoms with Crippen LogP contribution in [0.25, 0.3) is 0 Å². The number of likely N-dealkylation sites (tertiary alicyclic amines) is 1. The number of aliphatic hydroxyl groups is 1. The molecule has 2 aromatic carbocycles. The predicted octanol–water partition coefficient (Wildman–Crippen LogP) is 8.86. The Bertz CT molecular complexity index is 817. The van der Waals surface area contributed by atoms with E-state index in [1.54, 1.807) is 0 Å². The first-order chi connectivity index (χ1) is 19.5. The molecule has 3 fully saturated rings. The summed E-state index contributed by atoms with van der Waals surface area (Å²) in [5, 5.41) is 11.8. The van der Waals surface area contributed by atoms with E-state index in [2.05, 4.69) is 68.2 Å². The van der Waals surface area contributed by atoms with Crippen LogP contribution in [0.2, 0.25) is 0 Å². The summed E-state index contributed by atoms with van der Waals surface area (Å²) < 4.78 is 0. The maximum absolute atomic E-state index is 8.54. The van der Waals surface area contributed by atoms with Gasteiger partial charge in [0.25, 0.3) is 0 Å². The fourth-order valence-electron chi connectivity index (χ4n) is 6.44. The van der Waals surface area contributed by atoms with Crippen molar-refractivity contribution in [2.45, 2.75) is 92.2 Å². The molecule has 259 valence electrons. The van der Waals surface area contributed by atoms with Crippen molar-refractivity contribution in [2.75, 3.05) is 32.7 Å². The Morgan fingerprint density at radius 1 is 0.682 bits per heavy atom. The number of benzene rings is 2. The van der Waals surface area contributed by atoms with Gasteiger partial charge in [0.15, 0.2) is 0 Å². The Morgan fingerprint density at radius 2 is 1.14 bits per heavy atom. The molecule has 2 heterocycles. The molecule has 0 aromatic heterocycles. The Morgan fingerprint density at radius 3 is 1.50 bits per heavy atom. The molecule has 5 rings (SSSR count). The van der Waals surface area contributed by atoms with Gasteiger partial charge in [0.2, 0.25) is 0 Å². The van der Waals surface area contributed by atoms with Gasteiger partial charge in [-0.1, -0.05) is 101 Å². The zero-order valence-electron chi connectivity index (χ0n) is 29.6. The van der Waals surface area contributed by atoms with Crippen molar-refractivity contribution in [3.05, 3.63) is 94.1 Å². The summed E-state index contributed by atoms with van der Waals surface area (Å²) in [6, 6.07) is 20.3. The molecule has 0 bridgehead atoms. The molecule has 1 aliphatic carbocycles. The van der Waals surface area contributed by atoms with Crippen LogP contribution in [0, 0.1) is 51.9 Å². The van der Waals surface area contributed by atoms with E-state index in [1.165, 1.54) is 83.1 Å². The van der Waals surface area contributed by atoms with E-state index < -0.39 is 0 Å². The fraction of sp³-hybridized carbons (Fsp3) is 0.615. The monoisotopic (exact) mass is 790 g/mol. The minimum absolute atomic E-state index is 0. The summed E-state index contributed by atoms with van der Waals surface area (Å²) in [7, 11) is 0. The van der Waals surface area contributed by atoms with Crippen LogP contribution in [0.4, 0.5) is 0 Å². The third-order valence-corrected chi connectivity index (χ3v) is 9.51. The van der Waals surface area contributed by atoms with Gasteiger partial charge in [-0.05, 0) is 112 Å². The zero-order valence-corrected chi connectivity index (χ0v) is 32.0.